The van der Waals surface area contributed by atoms with Gasteiger partial charge in [0.2, 0.25) is 5.95 Å². The van der Waals surface area contributed by atoms with Gasteiger partial charge in [-0.3, -0.25) is 9.36 Å². The van der Waals surface area contributed by atoms with Gasteiger partial charge in [0.25, 0.3) is 0 Å². The van der Waals surface area contributed by atoms with Crippen LogP contribution in [0.2, 0.25) is 0 Å². The maximum absolute atomic E-state index is 11.6. The molecule has 0 atom stereocenters. The van der Waals surface area contributed by atoms with Crippen molar-refractivity contribution in [2.75, 3.05) is 0 Å². The highest BCUT2D eigenvalue weighted by Crippen LogP contribution is 2.23. The van der Waals surface area contributed by atoms with E-state index < -0.39 is 0 Å². The lowest BCUT2D eigenvalue weighted by molar-refractivity contribution is 0.0972. The van der Waals surface area contributed by atoms with E-state index in [0.29, 0.717) is 6.42 Å². The van der Waals surface area contributed by atoms with Crippen LogP contribution in [0.4, 0.5) is 0 Å². The summed E-state index contributed by atoms with van der Waals surface area (Å²) < 4.78 is 1.96. The first-order valence-corrected chi connectivity index (χ1v) is 5.09. The summed E-state index contributed by atoms with van der Waals surface area (Å²) in [6.07, 6.45) is 7.98. The third-order valence-electron chi connectivity index (χ3n) is 2.82. The van der Waals surface area contributed by atoms with Gasteiger partial charge in [0.1, 0.15) is 0 Å². The molecule has 0 saturated carbocycles. The Balaban J connectivity index is 2.15. The molecule has 0 radical (unpaired) electrons. The second kappa shape index (κ2) is 3.08. The van der Waals surface area contributed by atoms with Crippen LogP contribution in [0.1, 0.15) is 28.9 Å². The molecule has 1 N–H and O–H groups in total. The van der Waals surface area contributed by atoms with Crippen molar-refractivity contribution in [3.8, 4) is 5.95 Å². The molecule has 4 nitrogen and oxygen atoms in total. The van der Waals surface area contributed by atoms with E-state index in [1.165, 1.54) is 0 Å². The van der Waals surface area contributed by atoms with Crippen LogP contribution < -0.4 is 0 Å². The van der Waals surface area contributed by atoms with Gasteiger partial charge in [0.15, 0.2) is 5.78 Å². The number of carbonyl (C=O) groups excluding carboxylic acids is 1. The Bertz CT molecular complexity index is 496. The van der Waals surface area contributed by atoms with Gasteiger partial charge in [-0.2, -0.15) is 0 Å². The van der Waals surface area contributed by atoms with E-state index in [1.54, 1.807) is 12.4 Å². The number of ketones is 1. The lowest BCUT2D eigenvalue weighted by Crippen LogP contribution is -2.12. The van der Waals surface area contributed by atoms with Crippen molar-refractivity contribution in [2.24, 2.45) is 0 Å². The second-order valence-corrected chi connectivity index (χ2v) is 3.74. The average Bonchev–Trinajstić information content (AvgIpc) is 2.85. The molecule has 0 saturated heterocycles. The van der Waals surface area contributed by atoms with E-state index in [4.69, 9.17) is 0 Å². The van der Waals surface area contributed by atoms with E-state index in [0.717, 1.165) is 30.0 Å². The molecule has 2 aromatic rings. The monoisotopic (exact) mass is 201 g/mol. The Hall–Kier alpha value is -1.84. The third-order valence-corrected chi connectivity index (χ3v) is 2.82. The summed E-state index contributed by atoms with van der Waals surface area (Å²) in [4.78, 5) is 18.9. The van der Waals surface area contributed by atoms with Crippen LogP contribution in [0.3, 0.4) is 0 Å². The average molecular weight is 201 g/mol. The van der Waals surface area contributed by atoms with Gasteiger partial charge in [-0.15, -0.1) is 0 Å². The molecular formula is C11H11N3O. The first-order valence-electron chi connectivity index (χ1n) is 5.09. The van der Waals surface area contributed by atoms with Crippen molar-refractivity contribution < 1.29 is 4.79 Å². The van der Waals surface area contributed by atoms with Crippen molar-refractivity contribution >= 4 is 5.78 Å². The highest BCUT2D eigenvalue weighted by atomic mass is 16.1. The standard InChI is InChI=1S/C11H11N3O/c15-10-3-1-2-9-8(10)4-7-14(9)11-12-5-6-13-11/h4-7H,1-3H2,(H,12,13). The number of nitrogens with zero attached hydrogens (tertiary/aromatic N) is 2. The minimum Gasteiger partial charge on any atom is -0.330 e. The molecule has 4 heteroatoms. The highest BCUT2D eigenvalue weighted by molar-refractivity contribution is 5.98. The first-order chi connectivity index (χ1) is 7.36. The van der Waals surface area contributed by atoms with E-state index in [2.05, 4.69) is 9.97 Å². The van der Waals surface area contributed by atoms with E-state index in [9.17, 15) is 4.79 Å². The van der Waals surface area contributed by atoms with Crippen LogP contribution >= 0.6 is 0 Å². The number of carbonyl (C=O) groups is 1. The van der Waals surface area contributed by atoms with Crippen molar-refractivity contribution in [3.63, 3.8) is 0 Å². The summed E-state index contributed by atoms with van der Waals surface area (Å²) in [6.45, 7) is 0. The molecule has 2 aromatic heterocycles. The summed E-state index contributed by atoms with van der Waals surface area (Å²) in [7, 11) is 0. The fourth-order valence-corrected chi connectivity index (χ4v) is 2.11. The van der Waals surface area contributed by atoms with E-state index in [-0.39, 0.29) is 5.78 Å². The molecule has 15 heavy (non-hydrogen) atoms. The van der Waals surface area contributed by atoms with Crippen molar-refractivity contribution in [1.29, 1.82) is 0 Å². The smallest absolute Gasteiger partial charge is 0.211 e. The Morgan fingerprint density at radius 3 is 3.13 bits per heavy atom. The van der Waals surface area contributed by atoms with Crippen LogP contribution in [-0.4, -0.2) is 20.3 Å². The maximum atomic E-state index is 11.6. The molecule has 0 spiro atoms. The first kappa shape index (κ1) is 8.47. The number of nitrogens with one attached hydrogen (secondary N) is 1. The minimum atomic E-state index is 0.251. The lowest BCUT2D eigenvalue weighted by Gasteiger charge is -2.12. The number of H-pyrrole nitrogens is 1. The molecule has 0 aromatic carbocycles. The fraction of sp³-hybridized carbons (Fsp3) is 0.273. The van der Waals surface area contributed by atoms with Gasteiger partial charge in [-0.25, -0.2) is 4.98 Å². The molecule has 0 aliphatic heterocycles. The van der Waals surface area contributed by atoms with Crippen molar-refractivity contribution in [3.05, 3.63) is 35.9 Å². The molecule has 3 rings (SSSR count). The minimum absolute atomic E-state index is 0.251. The predicted octanol–water partition coefficient (Wildman–Crippen LogP) is 1.72. The zero-order valence-electron chi connectivity index (χ0n) is 8.23. The number of Topliss-reactive ketones (excluding diaryl/α,β-unsaturated/α-hetero) is 1. The Morgan fingerprint density at radius 2 is 2.33 bits per heavy atom. The van der Waals surface area contributed by atoms with Crippen LogP contribution in [0.15, 0.2) is 24.7 Å². The third kappa shape index (κ3) is 1.21. The zero-order valence-corrected chi connectivity index (χ0v) is 8.23. The number of imidazole rings is 1. The summed E-state index contributed by atoms with van der Waals surface area (Å²) in [5.41, 5.74) is 1.94. The summed E-state index contributed by atoms with van der Waals surface area (Å²) >= 11 is 0. The predicted molar refractivity (Wildman–Crippen MR) is 55.2 cm³/mol. The molecule has 0 unspecified atom stereocenters. The Morgan fingerprint density at radius 1 is 1.40 bits per heavy atom. The van der Waals surface area contributed by atoms with Crippen LogP contribution in [0, 0.1) is 0 Å². The molecule has 1 aliphatic rings. The van der Waals surface area contributed by atoms with Gasteiger partial charge in [0, 0.05) is 36.3 Å². The second-order valence-electron chi connectivity index (χ2n) is 3.74. The highest BCUT2D eigenvalue weighted by Gasteiger charge is 2.21. The molecule has 76 valence electrons. The Kier molecular flexibility index (Phi) is 1.74. The lowest BCUT2D eigenvalue weighted by atomic mass is 9.97. The summed E-state index contributed by atoms with van der Waals surface area (Å²) in [6, 6.07) is 1.89. The number of aromatic amines is 1. The van der Waals surface area contributed by atoms with E-state index >= 15 is 0 Å². The molecule has 2 heterocycles. The van der Waals surface area contributed by atoms with E-state index in [1.807, 2.05) is 16.8 Å². The van der Waals surface area contributed by atoms with Crippen molar-refractivity contribution in [1.82, 2.24) is 14.5 Å². The number of rotatable bonds is 1. The Labute approximate surface area is 87.0 Å². The van der Waals surface area contributed by atoms with Crippen LogP contribution in [-0.2, 0) is 6.42 Å². The van der Waals surface area contributed by atoms with Gasteiger partial charge in [-0.1, -0.05) is 0 Å². The largest absolute Gasteiger partial charge is 0.330 e. The maximum Gasteiger partial charge on any atom is 0.211 e. The van der Waals surface area contributed by atoms with Crippen LogP contribution in [0.25, 0.3) is 5.95 Å². The van der Waals surface area contributed by atoms with Gasteiger partial charge < -0.3 is 4.98 Å². The van der Waals surface area contributed by atoms with Crippen molar-refractivity contribution in [2.45, 2.75) is 19.3 Å². The number of fused-ring (bicyclic) bond motifs is 1. The molecule has 0 fully saturated rings. The van der Waals surface area contributed by atoms with Crippen LogP contribution in [0.5, 0.6) is 0 Å². The molecule has 1 aliphatic carbocycles. The normalized spacial score (nSPS) is 15.3. The van der Waals surface area contributed by atoms with Gasteiger partial charge >= 0.3 is 0 Å². The summed E-state index contributed by atoms with van der Waals surface area (Å²) in [5, 5.41) is 0. The summed E-state index contributed by atoms with van der Waals surface area (Å²) in [5.74, 6) is 1.03. The number of aromatic nitrogens is 3. The SMILES string of the molecule is O=C1CCCc2c1ccn2-c1ncc[nH]1. The molecule has 0 amide bonds. The fourth-order valence-electron chi connectivity index (χ4n) is 2.11. The number of hydrogen-bond donors (Lipinski definition) is 1. The number of hydrogen-bond acceptors (Lipinski definition) is 2. The van der Waals surface area contributed by atoms with Gasteiger partial charge in [0.05, 0.1) is 0 Å². The van der Waals surface area contributed by atoms with Gasteiger partial charge in [-0.05, 0) is 18.9 Å². The topological polar surface area (TPSA) is 50.7 Å². The molecular weight excluding hydrogens is 190 g/mol. The quantitative estimate of drug-likeness (QED) is 0.763. The zero-order chi connectivity index (χ0) is 10.3. The molecule has 0 bridgehead atoms.